The molecule has 0 saturated carbocycles. The number of carbonyl (C=O) groups is 3. The van der Waals surface area contributed by atoms with Gasteiger partial charge in [0.2, 0.25) is 0 Å². The van der Waals surface area contributed by atoms with Crippen molar-refractivity contribution in [2.45, 2.75) is 6.92 Å². The molecule has 0 spiro atoms. The van der Waals surface area contributed by atoms with Crippen LogP contribution in [0.25, 0.3) is 0 Å². The van der Waals surface area contributed by atoms with Crippen LogP contribution in [0.4, 0.5) is 16.2 Å². The standard InChI is InChI=1S/C22H21N5O4/c1-14(28)15-3-5-16(6-4-15)25-22(30)27-26-17-7-9-18(10-8-17)31-19-11-12-24-20(13-19)21(29)23-2/h3-13,26H,1-2H3,(H,23,29)(H2,25,27,30). The van der Waals surface area contributed by atoms with Gasteiger partial charge in [-0.15, -0.1) is 0 Å². The van der Waals surface area contributed by atoms with Gasteiger partial charge >= 0.3 is 6.03 Å². The molecule has 4 N–H and O–H groups in total. The van der Waals surface area contributed by atoms with E-state index >= 15 is 0 Å². The highest BCUT2D eigenvalue weighted by Gasteiger charge is 2.07. The van der Waals surface area contributed by atoms with Crippen molar-refractivity contribution >= 4 is 29.1 Å². The van der Waals surface area contributed by atoms with Crippen LogP contribution in [-0.2, 0) is 0 Å². The van der Waals surface area contributed by atoms with E-state index in [0.29, 0.717) is 28.4 Å². The van der Waals surface area contributed by atoms with Crippen LogP contribution in [0, 0.1) is 0 Å². The molecule has 3 amide bonds. The predicted octanol–water partition coefficient (Wildman–Crippen LogP) is 3.58. The fraction of sp³-hybridized carbons (Fsp3) is 0.0909. The van der Waals surface area contributed by atoms with E-state index in [0.717, 1.165) is 0 Å². The molecule has 9 heteroatoms. The molecule has 1 heterocycles. The van der Waals surface area contributed by atoms with Crippen LogP contribution in [0.1, 0.15) is 27.8 Å². The lowest BCUT2D eigenvalue weighted by molar-refractivity contribution is 0.0956. The van der Waals surface area contributed by atoms with Crippen molar-refractivity contribution in [1.29, 1.82) is 0 Å². The third kappa shape index (κ3) is 6.04. The second kappa shape index (κ2) is 9.88. The maximum absolute atomic E-state index is 12.0. The Kier molecular flexibility index (Phi) is 6.79. The summed E-state index contributed by atoms with van der Waals surface area (Å²) in [4.78, 5) is 38.9. The highest BCUT2D eigenvalue weighted by atomic mass is 16.5. The van der Waals surface area contributed by atoms with Crippen molar-refractivity contribution in [2.24, 2.45) is 0 Å². The Bertz CT molecular complexity index is 1080. The van der Waals surface area contributed by atoms with Crippen molar-refractivity contribution in [1.82, 2.24) is 15.7 Å². The van der Waals surface area contributed by atoms with Crippen LogP contribution in [0.3, 0.4) is 0 Å². The van der Waals surface area contributed by atoms with E-state index in [9.17, 15) is 14.4 Å². The summed E-state index contributed by atoms with van der Waals surface area (Å²) in [5.74, 6) is 0.683. The SMILES string of the molecule is CNC(=O)c1cc(Oc2ccc(NNC(=O)Nc3ccc(C(C)=O)cc3)cc2)ccn1. The van der Waals surface area contributed by atoms with Crippen LogP contribution < -0.4 is 26.2 Å². The smallest absolute Gasteiger partial charge is 0.337 e. The normalized spacial score (nSPS) is 10.0. The molecule has 0 saturated heterocycles. The second-order valence-corrected chi connectivity index (χ2v) is 6.42. The zero-order chi connectivity index (χ0) is 22.2. The Morgan fingerprint density at radius 3 is 2.19 bits per heavy atom. The molecule has 0 aliphatic carbocycles. The van der Waals surface area contributed by atoms with E-state index in [2.05, 4.69) is 26.5 Å². The highest BCUT2D eigenvalue weighted by molar-refractivity contribution is 5.95. The van der Waals surface area contributed by atoms with E-state index in [1.807, 2.05) is 0 Å². The molecule has 158 valence electrons. The van der Waals surface area contributed by atoms with Crippen molar-refractivity contribution < 1.29 is 19.1 Å². The number of ketones is 1. The number of nitrogens with zero attached hydrogens (tertiary/aromatic N) is 1. The van der Waals surface area contributed by atoms with Gasteiger partial charge in [0.15, 0.2) is 5.78 Å². The van der Waals surface area contributed by atoms with Crippen LogP contribution >= 0.6 is 0 Å². The van der Waals surface area contributed by atoms with Crippen molar-refractivity contribution in [3.05, 3.63) is 78.1 Å². The van der Waals surface area contributed by atoms with Gasteiger partial charge in [-0.1, -0.05) is 0 Å². The number of anilines is 2. The number of rotatable bonds is 7. The Hall–Kier alpha value is -4.40. The monoisotopic (exact) mass is 419 g/mol. The lowest BCUT2D eigenvalue weighted by Crippen LogP contribution is -2.33. The molecule has 0 unspecified atom stereocenters. The summed E-state index contributed by atoms with van der Waals surface area (Å²) < 4.78 is 5.73. The van der Waals surface area contributed by atoms with Crippen LogP contribution in [-0.4, -0.2) is 29.8 Å². The number of pyridine rings is 1. The minimum absolute atomic E-state index is 0.0408. The van der Waals surface area contributed by atoms with Crippen molar-refractivity contribution in [3.63, 3.8) is 0 Å². The van der Waals surface area contributed by atoms with Crippen LogP contribution in [0.5, 0.6) is 11.5 Å². The first-order valence-corrected chi connectivity index (χ1v) is 9.34. The van der Waals surface area contributed by atoms with Gasteiger partial charge in [0.1, 0.15) is 17.2 Å². The number of carbonyl (C=O) groups excluding carboxylic acids is 3. The fourth-order valence-corrected chi connectivity index (χ4v) is 2.55. The number of hydrazine groups is 1. The maximum Gasteiger partial charge on any atom is 0.337 e. The average Bonchev–Trinajstić information content (AvgIpc) is 2.78. The van der Waals surface area contributed by atoms with Gasteiger partial charge in [0, 0.05) is 30.6 Å². The fourth-order valence-electron chi connectivity index (χ4n) is 2.55. The number of benzene rings is 2. The van der Waals surface area contributed by atoms with Crippen molar-refractivity contribution in [3.8, 4) is 11.5 Å². The number of urea groups is 1. The van der Waals surface area contributed by atoms with Gasteiger partial charge in [-0.3, -0.25) is 25.4 Å². The van der Waals surface area contributed by atoms with Gasteiger partial charge in [0.05, 0.1) is 5.69 Å². The zero-order valence-electron chi connectivity index (χ0n) is 16.9. The largest absolute Gasteiger partial charge is 0.457 e. The van der Waals surface area contributed by atoms with Gasteiger partial charge < -0.3 is 15.4 Å². The van der Waals surface area contributed by atoms with Gasteiger partial charge in [-0.25, -0.2) is 4.79 Å². The van der Waals surface area contributed by atoms with E-state index in [1.165, 1.54) is 20.2 Å². The third-order valence-electron chi connectivity index (χ3n) is 4.15. The summed E-state index contributed by atoms with van der Waals surface area (Å²) in [7, 11) is 1.53. The van der Waals surface area contributed by atoms with Crippen molar-refractivity contribution in [2.75, 3.05) is 17.8 Å². The molecule has 2 aromatic carbocycles. The average molecular weight is 419 g/mol. The first kappa shape index (κ1) is 21.3. The molecule has 9 nitrogen and oxygen atoms in total. The molecule has 0 aliphatic heterocycles. The second-order valence-electron chi connectivity index (χ2n) is 6.42. The number of hydrogen-bond acceptors (Lipinski definition) is 6. The summed E-state index contributed by atoms with van der Waals surface area (Å²) in [6.07, 6.45) is 1.49. The van der Waals surface area contributed by atoms with Crippen LogP contribution in [0.15, 0.2) is 66.9 Å². The molecular weight excluding hydrogens is 398 g/mol. The molecule has 1 aromatic heterocycles. The quantitative estimate of drug-likeness (QED) is 0.343. The van der Waals surface area contributed by atoms with E-state index < -0.39 is 6.03 Å². The van der Waals surface area contributed by atoms with Gasteiger partial charge in [-0.05, 0) is 61.5 Å². The number of ether oxygens (including phenoxy) is 1. The molecule has 3 rings (SSSR count). The number of amides is 3. The highest BCUT2D eigenvalue weighted by Crippen LogP contribution is 2.23. The summed E-state index contributed by atoms with van der Waals surface area (Å²) >= 11 is 0. The zero-order valence-corrected chi connectivity index (χ0v) is 16.9. The third-order valence-corrected chi connectivity index (χ3v) is 4.15. The van der Waals surface area contributed by atoms with E-state index in [4.69, 9.17) is 4.74 Å². The Balaban J connectivity index is 1.52. The Morgan fingerprint density at radius 1 is 0.871 bits per heavy atom. The van der Waals surface area contributed by atoms with E-state index in [1.54, 1.807) is 60.7 Å². The Labute approximate surface area is 178 Å². The van der Waals surface area contributed by atoms with Gasteiger partial charge in [0.25, 0.3) is 5.91 Å². The minimum Gasteiger partial charge on any atom is -0.457 e. The molecule has 3 aromatic rings. The predicted molar refractivity (Wildman–Crippen MR) is 116 cm³/mol. The van der Waals surface area contributed by atoms with E-state index in [-0.39, 0.29) is 17.4 Å². The molecule has 0 fully saturated rings. The number of nitrogens with one attached hydrogen (secondary N) is 4. The first-order valence-electron chi connectivity index (χ1n) is 9.34. The summed E-state index contributed by atoms with van der Waals surface area (Å²) in [5.41, 5.74) is 7.32. The first-order chi connectivity index (χ1) is 14.9. The lowest BCUT2D eigenvalue weighted by atomic mass is 10.1. The molecular formula is C22H21N5O4. The number of aromatic nitrogens is 1. The van der Waals surface area contributed by atoms with Crippen LogP contribution in [0.2, 0.25) is 0 Å². The molecule has 31 heavy (non-hydrogen) atoms. The molecule has 0 atom stereocenters. The summed E-state index contributed by atoms with van der Waals surface area (Å²) in [6.45, 7) is 1.48. The summed E-state index contributed by atoms with van der Waals surface area (Å²) in [6, 6.07) is 16.2. The maximum atomic E-state index is 12.0. The molecule has 0 radical (unpaired) electrons. The minimum atomic E-state index is -0.464. The summed E-state index contributed by atoms with van der Waals surface area (Å²) in [5, 5.41) is 5.16. The number of hydrogen-bond donors (Lipinski definition) is 4. The van der Waals surface area contributed by atoms with Gasteiger partial charge in [-0.2, -0.15) is 0 Å². The lowest BCUT2D eigenvalue weighted by Gasteiger charge is -2.11. The topological polar surface area (TPSA) is 121 Å². The Morgan fingerprint density at radius 2 is 1.55 bits per heavy atom. The molecule has 0 bridgehead atoms. The molecule has 0 aliphatic rings. The number of Topliss-reactive ketones (excluding diaryl/α,β-unsaturated/α-hetero) is 1.